The number of hydrogen-bond acceptors (Lipinski definition) is 10. The van der Waals surface area contributed by atoms with Gasteiger partial charge in [-0.2, -0.15) is 0 Å². The van der Waals surface area contributed by atoms with E-state index in [1.165, 1.54) is 17.8 Å². The lowest BCUT2D eigenvalue weighted by atomic mass is 10.00. The number of carboxylic acid groups (broad SMARTS) is 2. The summed E-state index contributed by atoms with van der Waals surface area (Å²) < 4.78 is 30.4. The van der Waals surface area contributed by atoms with Crippen LogP contribution in [-0.2, 0) is 41.6 Å². The van der Waals surface area contributed by atoms with Crippen LogP contribution in [0.3, 0.4) is 0 Å². The minimum Gasteiger partial charge on any atom is -0.479 e. The molecule has 1 amide bonds. The third kappa shape index (κ3) is 11.5. The summed E-state index contributed by atoms with van der Waals surface area (Å²) in [5, 5.41) is 32.5. The van der Waals surface area contributed by atoms with E-state index < -0.39 is 24.1 Å². The van der Waals surface area contributed by atoms with Gasteiger partial charge in [-0.25, -0.2) is 14.0 Å². The van der Waals surface area contributed by atoms with E-state index in [2.05, 4.69) is 34.1 Å². The molecule has 264 valence electrons. The molecule has 0 aromatic heterocycles. The number of carbonyl (C=O) groups is 3. The van der Waals surface area contributed by atoms with Crippen molar-refractivity contribution in [1.82, 2.24) is 9.80 Å². The van der Waals surface area contributed by atoms with Gasteiger partial charge in [0.1, 0.15) is 5.82 Å². The van der Waals surface area contributed by atoms with Crippen molar-refractivity contribution in [3.8, 4) is 0 Å². The van der Waals surface area contributed by atoms with Gasteiger partial charge in [0.15, 0.2) is 18.5 Å². The van der Waals surface area contributed by atoms with Crippen molar-refractivity contribution in [3.05, 3.63) is 65.5 Å². The number of rotatable bonds is 12. The number of aliphatic carboxylic acids is 2. The van der Waals surface area contributed by atoms with Gasteiger partial charge in [0.05, 0.1) is 32.8 Å². The van der Waals surface area contributed by atoms with Gasteiger partial charge < -0.3 is 49.3 Å². The van der Waals surface area contributed by atoms with Crippen molar-refractivity contribution >= 4 is 23.5 Å². The highest BCUT2D eigenvalue weighted by Crippen LogP contribution is 2.23. The highest BCUT2D eigenvalue weighted by atomic mass is 19.1. The topological polar surface area (TPSA) is 170 Å². The van der Waals surface area contributed by atoms with Crippen LogP contribution >= 0.6 is 0 Å². The van der Waals surface area contributed by atoms with Crippen LogP contribution in [0, 0.1) is 5.82 Å². The van der Waals surface area contributed by atoms with Crippen LogP contribution in [0.15, 0.2) is 48.5 Å². The summed E-state index contributed by atoms with van der Waals surface area (Å²) in [6.45, 7) is 8.17. The van der Waals surface area contributed by atoms with Crippen LogP contribution in [0.5, 0.6) is 0 Å². The molecule has 0 bridgehead atoms. The summed E-state index contributed by atoms with van der Waals surface area (Å²) in [6.07, 6.45) is -0.560. The largest absolute Gasteiger partial charge is 0.479 e. The van der Waals surface area contributed by atoms with Gasteiger partial charge in [-0.15, -0.1) is 0 Å². The number of carbonyl (C=O) groups excluding carboxylic acids is 1. The lowest BCUT2D eigenvalue weighted by Gasteiger charge is -2.39. The minimum atomic E-state index is -2.27. The molecule has 3 aliphatic rings. The number of aliphatic hydroxyl groups is 2. The van der Waals surface area contributed by atoms with Gasteiger partial charge in [-0.1, -0.05) is 24.3 Å². The zero-order valence-corrected chi connectivity index (χ0v) is 27.0. The SMILES string of the molecule is O=C(Cc1ccc(N2CCOCC2)cc1)N(Cc1ccc(F)cc1)C1CCN(CCC2OCCCO2)CC1.O=C(O)C(O)C(O)C(=O)O. The highest BCUT2D eigenvalue weighted by Gasteiger charge is 2.30. The molecule has 0 spiro atoms. The maximum atomic E-state index is 13.7. The maximum absolute atomic E-state index is 13.7. The van der Waals surface area contributed by atoms with Crippen LogP contribution in [0.4, 0.5) is 10.1 Å². The molecule has 3 saturated heterocycles. The first-order valence-electron chi connectivity index (χ1n) is 16.3. The second-order valence-electron chi connectivity index (χ2n) is 12.0. The Morgan fingerprint density at radius 2 is 1.38 bits per heavy atom. The standard InChI is InChI=1S/C30H40FN3O4.C4H6O6/c31-26-6-2-25(3-7-26)23-34(28-10-13-32(14-11-28)15-12-30-37-18-1-19-38-30)29(35)22-24-4-8-27(9-5-24)33-16-20-36-21-17-33;5-1(3(7)8)2(6)4(9)10/h2-9,28,30H,1,10-23H2;1-2,5-6H,(H,7,8)(H,9,10). The molecular formula is C34H46FN3O10. The van der Waals surface area contributed by atoms with E-state index in [-0.39, 0.29) is 24.1 Å². The summed E-state index contributed by atoms with van der Waals surface area (Å²) in [5.41, 5.74) is 3.14. The van der Waals surface area contributed by atoms with Gasteiger partial charge in [-0.3, -0.25) is 4.79 Å². The molecular weight excluding hydrogens is 629 g/mol. The fourth-order valence-electron chi connectivity index (χ4n) is 5.85. The Labute approximate surface area is 279 Å². The Morgan fingerprint density at radius 1 is 0.812 bits per heavy atom. The third-order valence-corrected chi connectivity index (χ3v) is 8.63. The number of piperidine rings is 1. The summed E-state index contributed by atoms with van der Waals surface area (Å²) in [6, 6.07) is 15.0. The van der Waals surface area contributed by atoms with Crippen LogP contribution in [0.1, 0.15) is 36.8 Å². The van der Waals surface area contributed by atoms with E-state index in [4.69, 9.17) is 34.6 Å². The molecule has 4 N–H and O–H groups in total. The number of amides is 1. The van der Waals surface area contributed by atoms with E-state index in [1.54, 1.807) is 12.1 Å². The molecule has 48 heavy (non-hydrogen) atoms. The second-order valence-corrected chi connectivity index (χ2v) is 12.0. The zero-order valence-electron chi connectivity index (χ0n) is 27.0. The third-order valence-electron chi connectivity index (χ3n) is 8.63. The van der Waals surface area contributed by atoms with Crippen LogP contribution in [0.25, 0.3) is 0 Å². The smallest absolute Gasteiger partial charge is 0.335 e. The summed E-state index contributed by atoms with van der Waals surface area (Å²) in [7, 11) is 0. The number of benzene rings is 2. The molecule has 0 radical (unpaired) electrons. The lowest BCUT2D eigenvalue weighted by molar-refractivity contribution is -0.183. The number of nitrogens with zero attached hydrogens (tertiary/aromatic N) is 3. The number of carboxylic acids is 2. The number of likely N-dealkylation sites (tertiary alicyclic amines) is 1. The van der Waals surface area contributed by atoms with Crippen molar-refractivity contribution in [2.24, 2.45) is 0 Å². The first-order chi connectivity index (χ1) is 23.1. The summed E-state index contributed by atoms with van der Waals surface area (Å²) in [5.74, 6) is -3.67. The van der Waals surface area contributed by atoms with Crippen LogP contribution < -0.4 is 4.90 Å². The number of halogens is 1. The van der Waals surface area contributed by atoms with E-state index >= 15 is 0 Å². The van der Waals surface area contributed by atoms with Crippen LogP contribution in [0.2, 0.25) is 0 Å². The number of anilines is 1. The fraction of sp³-hybridized carbons (Fsp3) is 0.559. The Bertz CT molecular complexity index is 1280. The lowest BCUT2D eigenvalue weighted by Crippen LogP contribution is -2.48. The second kappa shape index (κ2) is 18.8. The molecule has 2 aromatic carbocycles. The number of ether oxygens (including phenoxy) is 3. The molecule has 2 unspecified atom stereocenters. The van der Waals surface area contributed by atoms with E-state index in [9.17, 15) is 18.8 Å². The van der Waals surface area contributed by atoms with Gasteiger partial charge >= 0.3 is 11.9 Å². The Hall–Kier alpha value is -3.66. The van der Waals surface area contributed by atoms with Gasteiger partial charge in [0, 0.05) is 57.4 Å². The van der Waals surface area contributed by atoms with Crippen molar-refractivity contribution in [2.75, 3.05) is 64.1 Å². The predicted octanol–water partition coefficient (Wildman–Crippen LogP) is 1.73. The maximum Gasteiger partial charge on any atom is 0.335 e. The Kier molecular flexibility index (Phi) is 14.5. The van der Waals surface area contributed by atoms with Crippen molar-refractivity contribution in [3.63, 3.8) is 0 Å². The Morgan fingerprint density at radius 3 is 1.94 bits per heavy atom. The molecule has 0 aliphatic carbocycles. The number of aliphatic hydroxyl groups excluding tert-OH is 2. The normalized spacial score (nSPS) is 19.1. The first kappa shape index (κ1) is 37.2. The fourth-order valence-corrected chi connectivity index (χ4v) is 5.85. The Balaban J connectivity index is 0.000000453. The van der Waals surface area contributed by atoms with Crippen molar-refractivity contribution in [1.29, 1.82) is 0 Å². The van der Waals surface area contributed by atoms with Crippen LogP contribution in [-0.4, -0.2) is 132 Å². The van der Waals surface area contributed by atoms with Gasteiger partial charge in [0.2, 0.25) is 5.91 Å². The number of hydrogen-bond donors (Lipinski definition) is 4. The van der Waals surface area contributed by atoms with E-state index in [0.29, 0.717) is 13.0 Å². The molecule has 14 heteroatoms. The van der Waals surface area contributed by atoms with E-state index in [0.717, 1.165) is 96.0 Å². The van der Waals surface area contributed by atoms with E-state index in [1.807, 2.05) is 4.90 Å². The minimum absolute atomic E-state index is 0.0901. The monoisotopic (exact) mass is 675 g/mol. The summed E-state index contributed by atoms with van der Waals surface area (Å²) >= 11 is 0. The zero-order chi connectivity index (χ0) is 34.5. The number of morpholine rings is 1. The first-order valence-corrected chi connectivity index (χ1v) is 16.3. The van der Waals surface area contributed by atoms with Crippen molar-refractivity contribution in [2.45, 2.75) is 63.2 Å². The molecule has 5 rings (SSSR count). The molecule has 2 aromatic rings. The van der Waals surface area contributed by atoms with Gasteiger partial charge in [0.25, 0.3) is 0 Å². The molecule has 2 atom stereocenters. The average molecular weight is 676 g/mol. The highest BCUT2D eigenvalue weighted by molar-refractivity contribution is 5.83. The molecule has 13 nitrogen and oxygen atoms in total. The molecule has 3 heterocycles. The summed E-state index contributed by atoms with van der Waals surface area (Å²) in [4.78, 5) is 40.0. The predicted molar refractivity (Wildman–Crippen MR) is 172 cm³/mol. The van der Waals surface area contributed by atoms with Gasteiger partial charge in [-0.05, 0) is 54.7 Å². The average Bonchev–Trinajstić information content (AvgIpc) is 3.11. The van der Waals surface area contributed by atoms with Crippen molar-refractivity contribution < 1.29 is 53.4 Å². The quantitative estimate of drug-likeness (QED) is 0.258. The molecule has 3 fully saturated rings. The molecule has 0 saturated carbocycles. The molecule has 3 aliphatic heterocycles.